The molecular weight excluding hydrogens is 399 g/mol. The van der Waals surface area contributed by atoms with Crippen LogP contribution in [-0.2, 0) is 21.2 Å². The van der Waals surface area contributed by atoms with Gasteiger partial charge >= 0.3 is 6.09 Å². The summed E-state index contributed by atoms with van der Waals surface area (Å²) in [7, 11) is -4.04. The van der Waals surface area contributed by atoms with E-state index in [-0.39, 0.29) is 17.9 Å². The summed E-state index contributed by atoms with van der Waals surface area (Å²) >= 11 is 0. The lowest BCUT2D eigenvalue weighted by Gasteiger charge is -2.33. The largest absolute Gasteiger partial charge is 0.444 e. The molecule has 2 aromatic rings. The molecule has 9 heteroatoms. The van der Waals surface area contributed by atoms with E-state index in [1.165, 1.54) is 18.2 Å². The molecule has 0 aromatic heterocycles. The van der Waals surface area contributed by atoms with Gasteiger partial charge in [-0.15, -0.1) is 0 Å². The van der Waals surface area contributed by atoms with Gasteiger partial charge in [-0.25, -0.2) is 17.6 Å². The van der Waals surface area contributed by atoms with Gasteiger partial charge in [0.1, 0.15) is 11.4 Å². The minimum absolute atomic E-state index is 0.0931. The Balaban J connectivity index is 1.96. The van der Waals surface area contributed by atoms with Gasteiger partial charge < -0.3 is 9.84 Å². The first kappa shape index (κ1) is 21.1. The quantitative estimate of drug-likeness (QED) is 0.791. The smallest absolute Gasteiger partial charge is 0.412 e. The molecule has 0 saturated carbocycles. The number of halogens is 1. The summed E-state index contributed by atoms with van der Waals surface area (Å²) in [5, 5.41) is 12.8. The van der Waals surface area contributed by atoms with Crippen LogP contribution < -0.4 is 9.62 Å². The third kappa shape index (κ3) is 4.86. The van der Waals surface area contributed by atoms with Gasteiger partial charge in [-0.05, 0) is 62.7 Å². The van der Waals surface area contributed by atoms with Crippen LogP contribution in [0.3, 0.4) is 0 Å². The minimum atomic E-state index is -4.04. The van der Waals surface area contributed by atoms with Gasteiger partial charge in [-0.2, -0.15) is 0 Å². The Morgan fingerprint density at radius 3 is 2.48 bits per heavy atom. The van der Waals surface area contributed by atoms with Crippen LogP contribution in [0.5, 0.6) is 0 Å². The van der Waals surface area contributed by atoms with Crippen LogP contribution >= 0.6 is 0 Å². The minimum Gasteiger partial charge on any atom is -0.444 e. The van der Waals surface area contributed by atoms with Crippen molar-refractivity contribution in [2.45, 2.75) is 43.8 Å². The van der Waals surface area contributed by atoms with Crippen molar-refractivity contribution in [3.8, 4) is 0 Å². The van der Waals surface area contributed by atoms with Crippen LogP contribution in [0, 0.1) is 5.82 Å². The number of sulfonamides is 1. The van der Waals surface area contributed by atoms with Gasteiger partial charge in [-0.3, -0.25) is 9.62 Å². The molecule has 0 saturated heterocycles. The Morgan fingerprint density at radius 1 is 1.21 bits per heavy atom. The van der Waals surface area contributed by atoms with Crippen LogP contribution in [0.25, 0.3) is 0 Å². The number of anilines is 2. The van der Waals surface area contributed by atoms with E-state index >= 15 is 0 Å². The lowest BCUT2D eigenvalue weighted by Crippen LogP contribution is -2.42. The zero-order valence-electron chi connectivity index (χ0n) is 16.3. The number of β-amino-alcohol motifs (C(OH)–C–C–N with tert-alkyl or cyclic N) is 1. The van der Waals surface area contributed by atoms with E-state index in [0.29, 0.717) is 16.9 Å². The monoisotopic (exact) mass is 422 g/mol. The topological polar surface area (TPSA) is 95.9 Å². The Hall–Kier alpha value is -2.65. The van der Waals surface area contributed by atoms with Crippen LogP contribution in [0.4, 0.5) is 20.6 Å². The SMILES string of the molecule is CC(C)(C)OC(=O)Nc1ccc2c(c1)N(S(=O)(=O)c1ccc(F)cc1)CC(O)C2. The maximum Gasteiger partial charge on any atom is 0.412 e. The molecule has 1 aliphatic rings. The maximum atomic E-state index is 13.2. The average molecular weight is 422 g/mol. The summed E-state index contributed by atoms with van der Waals surface area (Å²) in [5.74, 6) is -0.549. The molecule has 3 rings (SSSR count). The molecule has 1 unspecified atom stereocenters. The molecule has 0 bridgehead atoms. The third-order valence-corrected chi connectivity index (χ3v) is 6.03. The van der Waals surface area contributed by atoms with Crippen LogP contribution in [0.2, 0.25) is 0 Å². The fourth-order valence-corrected chi connectivity index (χ4v) is 4.57. The number of carbonyl (C=O) groups excluding carboxylic acids is 1. The summed E-state index contributed by atoms with van der Waals surface area (Å²) in [6, 6.07) is 9.26. The van der Waals surface area contributed by atoms with Crippen molar-refractivity contribution in [2.24, 2.45) is 0 Å². The zero-order valence-corrected chi connectivity index (χ0v) is 17.2. The molecule has 0 aliphatic carbocycles. The Bertz CT molecular complexity index is 1020. The fourth-order valence-electron chi connectivity index (χ4n) is 3.04. The summed E-state index contributed by atoms with van der Waals surface area (Å²) in [6.45, 7) is 5.05. The van der Waals surface area contributed by atoms with Crippen LogP contribution in [-0.4, -0.2) is 37.9 Å². The zero-order chi connectivity index (χ0) is 21.4. The van der Waals surface area contributed by atoms with Gasteiger partial charge in [0.25, 0.3) is 10.0 Å². The summed E-state index contributed by atoms with van der Waals surface area (Å²) in [6.07, 6.45) is -1.28. The molecule has 1 heterocycles. The summed E-state index contributed by atoms with van der Waals surface area (Å²) in [4.78, 5) is 11.9. The molecule has 0 radical (unpaired) electrons. The summed E-state index contributed by atoms with van der Waals surface area (Å²) in [5.41, 5.74) is 0.631. The highest BCUT2D eigenvalue weighted by Gasteiger charge is 2.33. The molecule has 0 spiro atoms. The van der Waals surface area contributed by atoms with E-state index in [4.69, 9.17) is 4.74 Å². The number of nitrogens with zero attached hydrogens (tertiary/aromatic N) is 1. The van der Waals surface area contributed by atoms with Gasteiger partial charge in [0.2, 0.25) is 0 Å². The highest BCUT2D eigenvalue weighted by atomic mass is 32.2. The van der Waals surface area contributed by atoms with Gasteiger partial charge in [0.15, 0.2) is 0 Å². The van der Waals surface area contributed by atoms with Crippen molar-refractivity contribution in [1.82, 2.24) is 0 Å². The molecule has 0 fully saturated rings. The van der Waals surface area contributed by atoms with Crippen molar-refractivity contribution in [3.05, 3.63) is 53.8 Å². The maximum absolute atomic E-state index is 13.2. The number of fused-ring (bicyclic) bond motifs is 1. The second-order valence-corrected chi connectivity index (χ2v) is 9.68. The Labute approximate surface area is 169 Å². The molecule has 1 aliphatic heterocycles. The highest BCUT2D eigenvalue weighted by molar-refractivity contribution is 7.92. The molecule has 2 aromatic carbocycles. The van der Waals surface area contributed by atoms with Crippen molar-refractivity contribution in [2.75, 3.05) is 16.2 Å². The number of hydrogen-bond donors (Lipinski definition) is 2. The molecule has 1 amide bonds. The van der Waals surface area contributed by atoms with E-state index in [1.807, 2.05) is 0 Å². The van der Waals surface area contributed by atoms with Crippen molar-refractivity contribution < 1.29 is 27.4 Å². The van der Waals surface area contributed by atoms with E-state index in [2.05, 4.69) is 5.32 Å². The van der Waals surface area contributed by atoms with E-state index in [1.54, 1.807) is 32.9 Å². The number of nitrogens with one attached hydrogen (secondary N) is 1. The number of benzene rings is 2. The number of aliphatic hydroxyl groups is 1. The van der Waals surface area contributed by atoms with E-state index < -0.39 is 33.6 Å². The molecule has 156 valence electrons. The van der Waals surface area contributed by atoms with Crippen molar-refractivity contribution in [1.29, 1.82) is 0 Å². The number of carbonyl (C=O) groups is 1. The first-order chi connectivity index (χ1) is 13.5. The van der Waals surface area contributed by atoms with Crippen molar-refractivity contribution in [3.63, 3.8) is 0 Å². The normalized spacial score (nSPS) is 16.9. The number of rotatable bonds is 3. The van der Waals surface area contributed by atoms with E-state index in [9.17, 15) is 22.7 Å². The Kier molecular flexibility index (Phi) is 5.55. The molecule has 2 N–H and O–H groups in total. The van der Waals surface area contributed by atoms with Crippen LogP contribution in [0.1, 0.15) is 26.3 Å². The number of ether oxygens (including phenoxy) is 1. The fraction of sp³-hybridized carbons (Fsp3) is 0.350. The molecular formula is C20H23FN2O5S. The lowest BCUT2D eigenvalue weighted by atomic mass is 10.0. The number of aliphatic hydroxyl groups excluding tert-OH is 1. The van der Waals surface area contributed by atoms with Crippen LogP contribution in [0.15, 0.2) is 47.4 Å². The Morgan fingerprint density at radius 2 is 1.86 bits per heavy atom. The standard InChI is InChI=1S/C20H23FN2O5S/c1-20(2,3)28-19(25)22-15-7-4-13-10-16(24)12-23(18(13)11-15)29(26,27)17-8-5-14(21)6-9-17/h4-9,11,16,24H,10,12H2,1-3H3,(H,22,25). The second-order valence-electron chi connectivity index (χ2n) is 7.82. The molecule has 29 heavy (non-hydrogen) atoms. The lowest BCUT2D eigenvalue weighted by molar-refractivity contribution is 0.0636. The number of hydrogen-bond acceptors (Lipinski definition) is 5. The van der Waals surface area contributed by atoms with Gasteiger partial charge in [0, 0.05) is 12.1 Å². The number of amides is 1. The molecule has 1 atom stereocenters. The predicted octanol–water partition coefficient (Wildman–Crippen LogP) is 3.29. The second kappa shape index (κ2) is 7.64. The van der Waals surface area contributed by atoms with Gasteiger partial charge in [0.05, 0.1) is 23.2 Å². The van der Waals surface area contributed by atoms with Crippen molar-refractivity contribution >= 4 is 27.5 Å². The first-order valence-electron chi connectivity index (χ1n) is 9.05. The first-order valence-corrected chi connectivity index (χ1v) is 10.5. The van der Waals surface area contributed by atoms with E-state index in [0.717, 1.165) is 16.4 Å². The summed E-state index contributed by atoms with van der Waals surface area (Å²) < 4.78 is 45.7. The highest BCUT2D eigenvalue weighted by Crippen LogP contribution is 2.34. The third-order valence-electron chi connectivity index (χ3n) is 4.23. The average Bonchev–Trinajstić information content (AvgIpc) is 2.60. The molecule has 7 nitrogen and oxygen atoms in total. The predicted molar refractivity (Wildman–Crippen MR) is 107 cm³/mol. The van der Waals surface area contributed by atoms with Gasteiger partial charge in [-0.1, -0.05) is 6.07 Å².